The topological polar surface area (TPSA) is 82.3 Å². The Hall–Kier alpha value is -2.19. The van der Waals surface area contributed by atoms with E-state index < -0.39 is 9.84 Å². The SMILES string of the molecule is CCOc1ccc(-c2noc(CS(=O)(=O)c3ccc(Br)cc3)n2)cc1. The lowest BCUT2D eigenvalue weighted by atomic mass is 10.2. The third kappa shape index (κ3) is 4.26. The molecule has 2 aromatic carbocycles. The summed E-state index contributed by atoms with van der Waals surface area (Å²) in [6.07, 6.45) is 0. The average Bonchev–Trinajstić information content (AvgIpc) is 3.04. The number of ether oxygens (including phenoxy) is 1. The molecule has 3 rings (SSSR count). The Morgan fingerprint density at radius 2 is 1.76 bits per heavy atom. The van der Waals surface area contributed by atoms with Gasteiger partial charge in [-0.1, -0.05) is 21.1 Å². The molecule has 0 aliphatic rings. The summed E-state index contributed by atoms with van der Waals surface area (Å²) < 4.78 is 36.1. The summed E-state index contributed by atoms with van der Waals surface area (Å²) in [6.45, 7) is 2.49. The predicted octanol–water partition coefficient (Wildman–Crippen LogP) is 3.87. The van der Waals surface area contributed by atoms with E-state index in [0.29, 0.717) is 12.4 Å². The first-order valence-electron chi connectivity index (χ1n) is 7.52. The molecule has 0 saturated carbocycles. The van der Waals surface area contributed by atoms with Gasteiger partial charge in [-0.3, -0.25) is 0 Å². The number of sulfone groups is 1. The van der Waals surface area contributed by atoms with Crippen molar-refractivity contribution in [2.24, 2.45) is 0 Å². The molecule has 0 bridgehead atoms. The lowest BCUT2D eigenvalue weighted by molar-refractivity contribution is 0.340. The summed E-state index contributed by atoms with van der Waals surface area (Å²) in [5.41, 5.74) is 0.722. The Bertz CT molecular complexity index is 951. The number of hydrogen-bond acceptors (Lipinski definition) is 6. The third-order valence-corrected chi connectivity index (χ3v) is 5.52. The van der Waals surface area contributed by atoms with Crippen molar-refractivity contribution in [1.29, 1.82) is 0 Å². The Kier molecular flexibility index (Phi) is 5.19. The van der Waals surface area contributed by atoms with Crippen LogP contribution in [0.1, 0.15) is 12.8 Å². The van der Waals surface area contributed by atoms with Crippen molar-refractivity contribution in [3.05, 3.63) is 58.9 Å². The Morgan fingerprint density at radius 3 is 2.40 bits per heavy atom. The van der Waals surface area contributed by atoms with E-state index in [9.17, 15) is 8.42 Å². The first kappa shape index (κ1) is 17.6. The summed E-state index contributed by atoms with van der Waals surface area (Å²) in [7, 11) is -3.55. The van der Waals surface area contributed by atoms with Crippen molar-refractivity contribution in [2.75, 3.05) is 6.61 Å². The normalized spacial score (nSPS) is 11.4. The van der Waals surface area contributed by atoms with E-state index in [0.717, 1.165) is 15.8 Å². The number of nitrogens with zero attached hydrogens (tertiary/aromatic N) is 2. The second-order valence-corrected chi connectivity index (χ2v) is 8.09. The summed E-state index contributed by atoms with van der Waals surface area (Å²) in [5, 5.41) is 3.86. The van der Waals surface area contributed by atoms with E-state index in [1.54, 1.807) is 36.4 Å². The number of aromatic nitrogens is 2. The van der Waals surface area contributed by atoms with Gasteiger partial charge in [-0.05, 0) is 55.5 Å². The van der Waals surface area contributed by atoms with Gasteiger partial charge in [0.2, 0.25) is 11.7 Å². The summed E-state index contributed by atoms with van der Waals surface area (Å²) in [6, 6.07) is 13.6. The molecule has 0 saturated heterocycles. The van der Waals surface area contributed by atoms with Gasteiger partial charge >= 0.3 is 0 Å². The lowest BCUT2D eigenvalue weighted by Crippen LogP contribution is -2.05. The van der Waals surface area contributed by atoms with Gasteiger partial charge < -0.3 is 9.26 Å². The van der Waals surface area contributed by atoms with Gasteiger partial charge in [0.1, 0.15) is 11.5 Å². The van der Waals surface area contributed by atoms with Gasteiger partial charge in [0.15, 0.2) is 9.84 Å². The van der Waals surface area contributed by atoms with Crippen LogP contribution in [-0.2, 0) is 15.6 Å². The molecule has 0 N–H and O–H groups in total. The number of hydrogen-bond donors (Lipinski definition) is 0. The number of halogens is 1. The van der Waals surface area contributed by atoms with Crippen molar-refractivity contribution in [3.63, 3.8) is 0 Å². The van der Waals surface area contributed by atoms with E-state index >= 15 is 0 Å². The molecule has 0 radical (unpaired) electrons. The van der Waals surface area contributed by atoms with Gasteiger partial charge in [-0.25, -0.2) is 8.42 Å². The summed E-state index contributed by atoms with van der Waals surface area (Å²) >= 11 is 3.28. The van der Waals surface area contributed by atoms with Crippen LogP contribution in [0.2, 0.25) is 0 Å². The van der Waals surface area contributed by atoms with E-state index in [1.165, 1.54) is 12.1 Å². The zero-order valence-corrected chi connectivity index (χ0v) is 15.7. The maximum atomic E-state index is 12.4. The quantitative estimate of drug-likeness (QED) is 0.599. The highest BCUT2D eigenvalue weighted by molar-refractivity contribution is 9.10. The van der Waals surface area contributed by atoms with Crippen molar-refractivity contribution in [1.82, 2.24) is 10.1 Å². The van der Waals surface area contributed by atoms with Crippen LogP contribution in [0.3, 0.4) is 0 Å². The van der Waals surface area contributed by atoms with Crippen LogP contribution < -0.4 is 4.74 Å². The minimum absolute atomic E-state index is 0.0480. The molecular formula is C17H15BrN2O4S. The molecule has 0 atom stereocenters. The van der Waals surface area contributed by atoms with Gasteiger partial charge in [0.25, 0.3) is 0 Å². The predicted molar refractivity (Wildman–Crippen MR) is 95.9 cm³/mol. The van der Waals surface area contributed by atoms with Gasteiger partial charge in [-0.15, -0.1) is 0 Å². The maximum absolute atomic E-state index is 12.4. The first-order valence-corrected chi connectivity index (χ1v) is 9.96. The standard InChI is InChI=1S/C17H15BrN2O4S/c1-2-23-14-7-3-12(4-8-14)17-19-16(24-20-17)11-25(21,22)15-9-5-13(18)6-10-15/h3-10H,2,11H2,1H3. The lowest BCUT2D eigenvalue weighted by Gasteiger charge is -2.02. The van der Waals surface area contributed by atoms with Crippen LogP contribution in [0.25, 0.3) is 11.4 Å². The highest BCUT2D eigenvalue weighted by atomic mass is 79.9. The fraction of sp³-hybridized carbons (Fsp3) is 0.176. The van der Waals surface area contributed by atoms with E-state index in [4.69, 9.17) is 9.26 Å². The highest BCUT2D eigenvalue weighted by Crippen LogP contribution is 2.22. The zero-order valence-electron chi connectivity index (χ0n) is 13.3. The van der Waals surface area contributed by atoms with Crippen LogP contribution >= 0.6 is 15.9 Å². The molecule has 0 aliphatic carbocycles. The van der Waals surface area contributed by atoms with Crippen molar-refractivity contribution >= 4 is 25.8 Å². The van der Waals surface area contributed by atoms with Gasteiger partial charge in [0.05, 0.1) is 11.5 Å². The molecule has 0 fully saturated rings. The van der Waals surface area contributed by atoms with Crippen LogP contribution in [0.4, 0.5) is 0 Å². The second kappa shape index (κ2) is 7.37. The van der Waals surface area contributed by atoms with Crippen LogP contribution in [0, 0.1) is 0 Å². The molecule has 1 heterocycles. The minimum atomic E-state index is -3.55. The van der Waals surface area contributed by atoms with Crippen molar-refractivity contribution < 1.29 is 17.7 Å². The molecule has 0 unspecified atom stereocenters. The van der Waals surface area contributed by atoms with Gasteiger partial charge in [0, 0.05) is 10.0 Å². The van der Waals surface area contributed by atoms with Gasteiger partial charge in [-0.2, -0.15) is 4.98 Å². The maximum Gasteiger partial charge on any atom is 0.242 e. The second-order valence-electron chi connectivity index (χ2n) is 5.18. The smallest absolute Gasteiger partial charge is 0.242 e. The Labute approximate surface area is 153 Å². The summed E-state index contributed by atoms with van der Waals surface area (Å²) in [4.78, 5) is 4.38. The van der Waals surface area contributed by atoms with E-state index in [1.807, 2.05) is 6.92 Å². The van der Waals surface area contributed by atoms with Crippen LogP contribution in [-0.4, -0.2) is 25.2 Å². The molecular weight excluding hydrogens is 408 g/mol. The van der Waals surface area contributed by atoms with Crippen molar-refractivity contribution in [3.8, 4) is 17.1 Å². The Balaban J connectivity index is 1.78. The molecule has 6 nitrogen and oxygen atoms in total. The molecule has 130 valence electrons. The monoisotopic (exact) mass is 422 g/mol. The molecule has 0 spiro atoms. The molecule has 0 amide bonds. The molecule has 0 aliphatic heterocycles. The van der Waals surface area contributed by atoms with Crippen LogP contribution in [0.15, 0.2) is 62.4 Å². The Morgan fingerprint density at radius 1 is 1.08 bits per heavy atom. The third-order valence-electron chi connectivity index (χ3n) is 3.38. The molecule has 1 aromatic heterocycles. The zero-order chi connectivity index (χ0) is 17.9. The average molecular weight is 423 g/mol. The molecule has 3 aromatic rings. The molecule has 25 heavy (non-hydrogen) atoms. The summed E-state index contributed by atoms with van der Waals surface area (Å²) in [5.74, 6) is 0.780. The van der Waals surface area contributed by atoms with E-state index in [-0.39, 0.29) is 16.5 Å². The first-order chi connectivity index (χ1) is 12.0. The van der Waals surface area contributed by atoms with Crippen molar-refractivity contribution in [2.45, 2.75) is 17.6 Å². The number of benzene rings is 2. The fourth-order valence-corrected chi connectivity index (χ4v) is 3.61. The molecule has 8 heteroatoms. The fourth-order valence-electron chi connectivity index (χ4n) is 2.19. The highest BCUT2D eigenvalue weighted by Gasteiger charge is 2.20. The largest absolute Gasteiger partial charge is 0.494 e. The number of rotatable bonds is 6. The van der Waals surface area contributed by atoms with E-state index in [2.05, 4.69) is 26.1 Å². The minimum Gasteiger partial charge on any atom is -0.494 e. The van der Waals surface area contributed by atoms with Crippen LogP contribution in [0.5, 0.6) is 5.75 Å².